The van der Waals surface area contributed by atoms with Crippen molar-refractivity contribution in [2.75, 3.05) is 30.3 Å². The Morgan fingerprint density at radius 2 is 1.93 bits per heavy atom. The standard InChI is InChI=1S/C21H26N2O4S/c1-3-28(25,26)23-14-4-5-17-15-18(8-11-20(17)23)21(24)22-13-12-16-6-9-19(27-2)10-7-16/h6-11,15H,3-5,12-14H2,1-2H3,(H,22,24). The van der Waals surface area contributed by atoms with Gasteiger partial charge in [0.05, 0.1) is 18.6 Å². The number of methoxy groups -OCH3 is 1. The van der Waals surface area contributed by atoms with Crippen molar-refractivity contribution in [1.82, 2.24) is 5.32 Å². The van der Waals surface area contributed by atoms with Gasteiger partial charge in [-0.15, -0.1) is 0 Å². The van der Waals surface area contributed by atoms with E-state index < -0.39 is 10.0 Å². The number of carbonyl (C=O) groups excluding carboxylic acids is 1. The number of nitrogens with one attached hydrogen (secondary N) is 1. The van der Waals surface area contributed by atoms with Crippen LogP contribution in [0, 0.1) is 0 Å². The molecule has 0 fully saturated rings. The van der Waals surface area contributed by atoms with Crippen LogP contribution in [-0.2, 0) is 22.9 Å². The molecule has 1 N–H and O–H groups in total. The first-order valence-corrected chi connectivity index (χ1v) is 11.1. The molecule has 1 aliphatic heterocycles. The lowest BCUT2D eigenvalue weighted by Crippen LogP contribution is -2.36. The first-order chi connectivity index (χ1) is 13.4. The Morgan fingerprint density at radius 1 is 1.18 bits per heavy atom. The summed E-state index contributed by atoms with van der Waals surface area (Å²) in [5.74, 6) is 0.729. The molecule has 3 rings (SSSR count). The lowest BCUT2D eigenvalue weighted by molar-refractivity contribution is 0.0954. The monoisotopic (exact) mass is 402 g/mol. The van der Waals surface area contributed by atoms with Gasteiger partial charge in [0.2, 0.25) is 10.0 Å². The van der Waals surface area contributed by atoms with Gasteiger partial charge in [-0.1, -0.05) is 12.1 Å². The third-order valence-electron chi connectivity index (χ3n) is 4.98. The number of sulfonamides is 1. The van der Waals surface area contributed by atoms with Crippen LogP contribution in [0.25, 0.3) is 0 Å². The maximum absolute atomic E-state index is 12.5. The van der Waals surface area contributed by atoms with Crippen molar-refractivity contribution in [3.05, 3.63) is 59.2 Å². The molecule has 0 unspecified atom stereocenters. The summed E-state index contributed by atoms with van der Waals surface area (Å²) in [6, 6.07) is 13.0. The molecule has 2 aromatic rings. The Hall–Kier alpha value is -2.54. The van der Waals surface area contributed by atoms with Crippen molar-refractivity contribution in [2.24, 2.45) is 0 Å². The van der Waals surface area contributed by atoms with Gasteiger partial charge in [-0.05, 0) is 67.6 Å². The molecule has 2 aromatic carbocycles. The van der Waals surface area contributed by atoms with Gasteiger partial charge in [0.1, 0.15) is 5.75 Å². The van der Waals surface area contributed by atoms with Crippen molar-refractivity contribution in [1.29, 1.82) is 0 Å². The predicted octanol–water partition coefficient (Wildman–Crippen LogP) is 2.77. The van der Waals surface area contributed by atoms with Gasteiger partial charge in [-0.3, -0.25) is 9.10 Å². The molecule has 6 nitrogen and oxygen atoms in total. The molecule has 0 spiro atoms. The third kappa shape index (κ3) is 4.47. The first-order valence-electron chi connectivity index (χ1n) is 9.49. The van der Waals surface area contributed by atoms with E-state index in [0.29, 0.717) is 24.3 Å². The summed E-state index contributed by atoms with van der Waals surface area (Å²) in [4.78, 5) is 12.5. The third-order valence-corrected chi connectivity index (χ3v) is 6.76. The van der Waals surface area contributed by atoms with Crippen LogP contribution in [-0.4, -0.2) is 40.3 Å². The Labute approximate surface area is 166 Å². The van der Waals surface area contributed by atoms with E-state index in [-0.39, 0.29) is 11.7 Å². The molecule has 1 aliphatic rings. The van der Waals surface area contributed by atoms with Crippen LogP contribution in [0.3, 0.4) is 0 Å². The summed E-state index contributed by atoms with van der Waals surface area (Å²) in [6.45, 7) is 2.67. The minimum Gasteiger partial charge on any atom is -0.497 e. The molecule has 150 valence electrons. The van der Waals surface area contributed by atoms with E-state index >= 15 is 0 Å². The molecule has 1 heterocycles. The van der Waals surface area contributed by atoms with Crippen LogP contribution < -0.4 is 14.4 Å². The molecular weight excluding hydrogens is 376 g/mol. The van der Waals surface area contributed by atoms with Gasteiger partial charge in [-0.2, -0.15) is 0 Å². The highest BCUT2D eigenvalue weighted by atomic mass is 32.2. The number of amides is 1. The number of carbonyl (C=O) groups is 1. The molecular formula is C21H26N2O4S. The summed E-state index contributed by atoms with van der Waals surface area (Å²) >= 11 is 0. The highest BCUT2D eigenvalue weighted by Crippen LogP contribution is 2.30. The SMILES string of the molecule is CCS(=O)(=O)N1CCCc2cc(C(=O)NCCc3ccc(OC)cc3)ccc21. The van der Waals surface area contributed by atoms with Crippen LogP contribution in [0.15, 0.2) is 42.5 Å². The van der Waals surface area contributed by atoms with Crippen molar-refractivity contribution in [2.45, 2.75) is 26.2 Å². The van der Waals surface area contributed by atoms with Gasteiger partial charge in [-0.25, -0.2) is 8.42 Å². The molecule has 0 bridgehead atoms. The molecule has 0 atom stereocenters. The number of aryl methyl sites for hydroxylation is 1. The van der Waals surface area contributed by atoms with Crippen LogP contribution in [0.4, 0.5) is 5.69 Å². The Morgan fingerprint density at radius 3 is 2.61 bits per heavy atom. The number of hydrogen-bond acceptors (Lipinski definition) is 4. The topological polar surface area (TPSA) is 75.7 Å². The van der Waals surface area contributed by atoms with E-state index in [4.69, 9.17) is 4.74 Å². The van der Waals surface area contributed by atoms with Gasteiger partial charge in [0.15, 0.2) is 0 Å². The number of nitrogens with zero attached hydrogens (tertiary/aromatic N) is 1. The fraction of sp³-hybridized carbons (Fsp3) is 0.381. The minimum absolute atomic E-state index is 0.0695. The molecule has 0 saturated carbocycles. The molecule has 0 aliphatic carbocycles. The Kier molecular flexibility index (Phi) is 6.24. The molecule has 7 heteroatoms. The number of benzene rings is 2. The zero-order valence-electron chi connectivity index (χ0n) is 16.3. The quantitative estimate of drug-likeness (QED) is 0.773. The fourth-order valence-electron chi connectivity index (χ4n) is 3.36. The number of hydrogen-bond donors (Lipinski definition) is 1. The van der Waals surface area contributed by atoms with Crippen molar-refractivity contribution < 1.29 is 17.9 Å². The number of fused-ring (bicyclic) bond motifs is 1. The van der Waals surface area contributed by atoms with E-state index in [1.807, 2.05) is 30.3 Å². The van der Waals surface area contributed by atoms with E-state index in [0.717, 1.165) is 36.1 Å². The number of rotatable bonds is 7. The zero-order valence-corrected chi connectivity index (χ0v) is 17.1. The summed E-state index contributed by atoms with van der Waals surface area (Å²) < 4.78 is 31.2. The smallest absolute Gasteiger partial charge is 0.251 e. The van der Waals surface area contributed by atoms with E-state index in [1.54, 1.807) is 26.2 Å². The van der Waals surface area contributed by atoms with Gasteiger partial charge in [0, 0.05) is 18.7 Å². The molecule has 0 saturated heterocycles. The largest absolute Gasteiger partial charge is 0.497 e. The van der Waals surface area contributed by atoms with Crippen LogP contribution in [0.2, 0.25) is 0 Å². The van der Waals surface area contributed by atoms with Crippen LogP contribution in [0.5, 0.6) is 5.75 Å². The van der Waals surface area contributed by atoms with Gasteiger partial charge < -0.3 is 10.1 Å². The first kappa shape index (κ1) is 20.2. The van der Waals surface area contributed by atoms with Crippen molar-refractivity contribution in [3.63, 3.8) is 0 Å². The average molecular weight is 403 g/mol. The zero-order chi connectivity index (χ0) is 20.1. The summed E-state index contributed by atoms with van der Waals surface area (Å²) in [7, 11) is -1.66. The van der Waals surface area contributed by atoms with Crippen LogP contribution >= 0.6 is 0 Å². The van der Waals surface area contributed by atoms with Crippen molar-refractivity contribution in [3.8, 4) is 5.75 Å². The normalized spacial score (nSPS) is 13.7. The second-order valence-corrected chi connectivity index (χ2v) is 8.96. The van der Waals surface area contributed by atoms with Gasteiger partial charge in [0.25, 0.3) is 5.91 Å². The highest BCUT2D eigenvalue weighted by molar-refractivity contribution is 7.92. The van der Waals surface area contributed by atoms with E-state index in [1.165, 1.54) is 4.31 Å². The highest BCUT2D eigenvalue weighted by Gasteiger charge is 2.26. The number of ether oxygens (including phenoxy) is 1. The van der Waals surface area contributed by atoms with Gasteiger partial charge >= 0.3 is 0 Å². The predicted molar refractivity (Wildman–Crippen MR) is 111 cm³/mol. The lowest BCUT2D eigenvalue weighted by Gasteiger charge is -2.30. The lowest BCUT2D eigenvalue weighted by atomic mass is 10.0. The molecule has 28 heavy (non-hydrogen) atoms. The summed E-state index contributed by atoms with van der Waals surface area (Å²) in [5, 5.41) is 2.93. The Bertz CT molecular complexity index is 939. The summed E-state index contributed by atoms with van der Waals surface area (Å²) in [6.07, 6.45) is 2.26. The van der Waals surface area contributed by atoms with E-state index in [9.17, 15) is 13.2 Å². The van der Waals surface area contributed by atoms with Crippen molar-refractivity contribution >= 4 is 21.6 Å². The Balaban J connectivity index is 1.64. The second-order valence-electron chi connectivity index (χ2n) is 6.77. The summed E-state index contributed by atoms with van der Waals surface area (Å²) in [5.41, 5.74) is 3.28. The molecule has 0 aromatic heterocycles. The molecule has 1 amide bonds. The fourth-order valence-corrected chi connectivity index (χ4v) is 4.56. The van der Waals surface area contributed by atoms with Crippen LogP contribution in [0.1, 0.15) is 34.8 Å². The average Bonchev–Trinajstić information content (AvgIpc) is 2.73. The number of anilines is 1. The second kappa shape index (κ2) is 8.65. The van der Waals surface area contributed by atoms with E-state index in [2.05, 4.69) is 5.32 Å². The minimum atomic E-state index is -3.29. The maximum atomic E-state index is 12.5. The molecule has 0 radical (unpaired) electrons. The maximum Gasteiger partial charge on any atom is 0.251 e.